The first-order chi connectivity index (χ1) is 5.35. The molecule has 0 rings (SSSR count). The van der Waals surface area contributed by atoms with Crippen LogP contribution in [0.1, 0.15) is 20.3 Å². The van der Waals surface area contributed by atoms with Crippen LogP contribution in [-0.2, 0) is 4.74 Å². The second-order valence-corrected chi connectivity index (χ2v) is 2.16. The van der Waals surface area contributed by atoms with Crippen LogP contribution in [0, 0.1) is 0 Å². The standard InChI is InChI=1S/C10H16O/c1-4-7-10(5-2)8-6-9-11-3/h4,6-9H,5H2,1-3H3/b7-4-,9-6+,10-8-. The molecule has 0 radical (unpaired) electrons. The third-order valence-corrected chi connectivity index (χ3v) is 1.31. The predicted molar refractivity (Wildman–Crippen MR) is 49.3 cm³/mol. The summed E-state index contributed by atoms with van der Waals surface area (Å²) in [5, 5.41) is 0. The number of methoxy groups -OCH3 is 1. The van der Waals surface area contributed by atoms with Crippen molar-refractivity contribution in [1.82, 2.24) is 0 Å². The fraction of sp³-hybridized carbons (Fsp3) is 0.400. The predicted octanol–water partition coefficient (Wildman–Crippen LogP) is 3.06. The van der Waals surface area contributed by atoms with Crippen LogP contribution < -0.4 is 0 Å². The molecular weight excluding hydrogens is 136 g/mol. The molecule has 0 N–H and O–H groups in total. The van der Waals surface area contributed by atoms with E-state index in [1.54, 1.807) is 13.4 Å². The molecule has 0 aromatic heterocycles. The van der Waals surface area contributed by atoms with Crippen molar-refractivity contribution in [3.05, 3.63) is 36.1 Å². The normalized spacial score (nSPS) is 13.2. The van der Waals surface area contributed by atoms with Crippen molar-refractivity contribution in [3.63, 3.8) is 0 Å². The van der Waals surface area contributed by atoms with Crippen molar-refractivity contribution >= 4 is 0 Å². The second kappa shape index (κ2) is 7.13. The number of rotatable bonds is 4. The van der Waals surface area contributed by atoms with Gasteiger partial charge in [-0.1, -0.05) is 25.2 Å². The smallest absolute Gasteiger partial charge is 0.0824 e. The minimum absolute atomic E-state index is 1.05. The summed E-state index contributed by atoms with van der Waals surface area (Å²) in [4.78, 5) is 0. The molecule has 0 spiro atoms. The molecule has 0 aromatic carbocycles. The van der Waals surface area contributed by atoms with Gasteiger partial charge in [-0.05, 0) is 25.0 Å². The quantitative estimate of drug-likeness (QED) is 0.444. The first kappa shape index (κ1) is 10.0. The average molecular weight is 152 g/mol. The first-order valence-electron chi connectivity index (χ1n) is 3.86. The Labute approximate surface area is 69.1 Å². The van der Waals surface area contributed by atoms with Crippen molar-refractivity contribution < 1.29 is 4.74 Å². The van der Waals surface area contributed by atoms with Crippen molar-refractivity contribution in [2.24, 2.45) is 0 Å². The van der Waals surface area contributed by atoms with E-state index >= 15 is 0 Å². The Morgan fingerprint density at radius 1 is 1.45 bits per heavy atom. The van der Waals surface area contributed by atoms with Gasteiger partial charge in [0.2, 0.25) is 0 Å². The lowest BCUT2D eigenvalue weighted by molar-refractivity contribution is 0.338. The van der Waals surface area contributed by atoms with E-state index in [0.717, 1.165) is 6.42 Å². The molecule has 0 fully saturated rings. The van der Waals surface area contributed by atoms with Gasteiger partial charge in [-0.25, -0.2) is 0 Å². The molecule has 0 aliphatic carbocycles. The molecule has 1 nitrogen and oxygen atoms in total. The Hall–Kier alpha value is -0.980. The Morgan fingerprint density at radius 3 is 2.64 bits per heavy atom. The van der Waals surface area contributed by atoms with Crippen LogP contribution in [0.5, 0.6) is 0 Å². The lowest BCUT2D eigenvalue weighted by atomic mass is 10.2. The zero-order chi connectivity index (χ0) is 8.53. The molecule has 0 aliphatic rings. The van der Waals surface area contributed by atoms with E-state index in [2.05, 4.69) is 13.0 Å². The highest BCUT2D eigenvalue weighted by Gasteiger charge is 1.82. The van der Waals surface area contributed by atoms with Gasteiger partial charge in [0.05, 0.1) is 13.4 Å². The minimum atomic E-state index is 1.05. The van der Waals surface area contributed by atoms with E-state index in [1.165, 1.54) is 5.57 Å². The summed E-state index contributed by atoms with van der Waals surface area (Å²) in [5.74, 6) is 0. The number of hydrogen-bond acceptors (Lipinski definition) is 1. The highest BCUT2D eigenvalue weighted by Crippen LogP contribution is 2.02. The topological polar surface area (TPSA) is 9.23 Å². The van der Waals surface area contributed by atoms with Crippen molar-refractivity contribution in [3.8, 4) is 0 Å². The van der Waals surface area contributed by atoms with Gasteiger partial charge >= 0.3 is 0 Å². The van der Waals surface area contributed by atoms with E-state index in [4.69, 9.17) is 4.74 Å². The third-order valence-electron chi connectivity index (χ3n) is 1.31. The molecule has 1 heteroatoms. The van der Waals surface area contributed by atoms with Gasteiger partial charge in [0.25, 0.3) is 0 Å². The van der Waals surface area contributed by atoms with Crippen LogP contribution in [0.15, 0.2) is 36.1 Å². The van der Waals surface area contributed by atoms with Gasteiger partial charge in [0.1, 0.15) is 0 Å². The molecule has 0 aliphatic heterocycles. The summed E-state index contributed by atoms with van der Waals surface area (Å²) in [5.41, 5.74) is 1.31. The van der Waals surface area contributed by atoms with Crippen LogP contribution in [-0.4, -0.2) is 7.11 Å². The van der Waals surface area contributed by atoms with E-state index in [-0.39, 0.29) is 0 Å². The summed E-state index contributed by atoms with van der Waals surface area (Å²) < 4.78 is 4.77. The molecule has 0 saturated carbocycles. The van der Waals surface area contributed by atoms with Crippen LogP contribution >= 0.6 is 0 Å². The van der Waals surface area contributed by atoms with Gasteiger partial charge in [0.15, 0.2) is 0 Å². The molecule has 62 valence electrons. The van der Waals surface area contributed by atoms with Gasteiger partial charge in [-0.3, -0.25) is 0 Å². The lowest BCUT2D eigenvalue weighted by Gasteiger charge is -1.92. The molecule has 0 bridgehead atoms. The van der Waals surface area contributed by atoms with Crippen LogP contribution in [0.3, 0.4) is 0 Å². The van der Waals surface area contributed by atoms with Crippen LogP contribution in [0.2, 0.25) is 0 Å². The number of hydrogen-bond donors (Lipinski definition) is 0. The fourth-order valence-electron chi connectivity index (χ4n) is 0.747. The monoisotopic (exact) mass is 152 g/mol. The highest BCUT2D eigenvalue weighted by atomic mass is 16.5. The lowest BCUT2D eigenvalue weighted by Crippen LogP contribution is -1.72. The Balaban J connectivity index is 4.00. The molecule has 0 aromatic rings. The zero-order valence-corrected chi connectivity index (χ0v) is 7.50. The summed E-state index contributed by atoms with van der Waals surface area (Å²) >= 11 is 0. The molecule has 11 heavy (non-hydrogen) atoms. The van der Waals surface area contributed by atoms with Crippen molar-refractivity contribution in [2.75, 3.05) is 7.11 Å². The van der Waals surface area contributed by atoms with Gasteiger partial charge in [-0.15, -0.1) is 0 Å². The minimum Gasteiger partial charge on any atom is -0.504 e. The Bertz CT molecular complexity index is 164. The van der Waals surface area contributed by atoms with Gasteiger partial charge in [0, 0.05) is 0 Å². The molecule has 0 amide bonds. The van der Waals surface area contributed by atoms with E-state index in [9.17, 15) is 0 Å². The van der Waals surface area contributed by atoms with Gasteiger partial charge in [-0.2, -0.15) is 0 Å². The largest absolute Gasteiger partial charge is 0.504 e. The third kappa shape index (κ3) is 5.46. The van der Waals surface area contributed by atoms with E-state index < -0.39 is 0 Å². The maximum Gasteiger partial charge on any atom is 0.0824 e. The summed E-state index contributed by atoms with van der Waals surface area (Å²) in [6.45, 7) is 4.15. The van der Waals surface area contributed by atoms with E-state index in [0.29, 0.717) is 0 Å². The van der Waals surface area contributed by atoms with E-state index in [1.807, 2.05) is 25.2 Å². The second-order valence-electron chi connectivity index (χ2n) is 2.16. The maximum absolute atomic E-state index is 4.77. The molecule has 0 unspecified atom stereocenters. The maximum atomic E-state index is 4.77. The van der Waals surface area contributed by atoms with Crippen molar-refractivity contribution in [1.29, 1.82) is 0 Å². The number of allylic oxidation sites excluding steroid dienone is 5. The van der Waals surface area contributed by atoms with Crippen LogP contribution in [0.4, 0.5) is 0 Å². The number of ether oxygens (including phenoxy) is 1. The van der Waals surface area contributed by atoms with Crippen LogP contribution in [0.25, 0.3) is 0 Å². The fourth-order valence-corrected chi connectivity index (χ4v) is 0.747. The first-order valence-corrected chi connectivity index (χ1v) is 3.86. The zero-order valence-electron chi connectivity index (χ0n) is 7.50. The molecule has 0 atom stereocenters. The van der Waals surface area contributed by atoms with Crippen molar-refractivity contribution in [2.45, 2.75) is 20.3 Å². The summed E-state index contributed by atoms with van der Waals surface area (Å²) in [6.07, 6.45) is 10.8. The Kier molecular flexibility index (Phi) is 6.50. The summed E-state index contributed by atoms with van der Waals surface area (Å²) in [7, 11) is 1.64. The molecule has 0 saturated heterocycles. The molecular formula is C10H16O. The van der Waals surface area contributed by atoms with Gasteiger partial charge < -0.3 is 4.74 Å². The summed E-state index contributed by atoms with van der Waals surface area (Å²) in [6, 6.07) is 0. The average Bonchev–Trinajstić information content (AvgIpc) is 2.03. The SMILES string of the molecule is C\C=C/C(=C\C=C\OC)CC. The highest BCUT2D eigenvalue weighted by molar-refractivity contribution is 5.22. The Morgan fingerprint density at radius 2 is 2.18 bits per heavy atom. The molecule has 0 heterocycles.